The molecule has 0 aliphatic heterocycles. The topological polar surface area (TPSA) is 43.6 Å². The van der Waals surface area contributed by atoms with E-state index in [0.717, 1.165) is 5.52 Å². The van der Waals surface area contributed by atoms with Gasteiger partial charge in [-0.05, 0) is 26.0 Å². The van der Waals surface area contributed by atoms with Crippen molar-refractivity contribution in [2.75, 3.05) is 7.11 Å². The first-order valence-electron chi connectivity index (χ1n) is 5.18. The second-order valence-corrected chi connectivity index (χ2v) is 4.78. The third kappa shape index (κ3) is 1.89. The summed E-state index contributed by atoms with van der Waals surface area (Å²) in [5, 5.41) is 0.611. The van der Waals surface area contributed by atoms with Gasteiger partial charge >= 0.3 is 5.97 Å². The van der Waals surface area contributed by atoms with Gasteiger partial charge in [0.05, 0.1) is 24.6 Å². The number of hydrogen-bond donors (Lipinski definition) is 0. The average Bonchev–Trinajstić information content (AvgIpc) is 2.71. The molecule has 0 atom stereocenters. The normalized spacial score (nSPS) is 11.8. The Balaban J connectivity index is 2.63. The number of hydrogen-bond acceptors (Lipinski definition) is 3. The van der Waals surface area contributed by atoms with Gasteiger partial charge in [-0.25, -0.2) is 4.98 Å². The third-order valence-corrected chi connectivity index (χ3v) is 3.02. The van der Waals surface area contributed by atoms with E-state index < -0.39 is 5.41 Å². The Morgan fingerprint density at radius 3 is 2.88 bits per heavy atom. The molecule has 0 aromatic carbocycles. The molecule has 2 rings (SSSR count). The van der Waals surface area contributed by atoms with E-state index in [4.69, 9.17) is 16.3 Å². The minimum absolute atomic E-state index is 0.321. The highest BCUT2D eigenvalue weighted by Gasteiger charge is 2.34. The standard InChI is InChI=1S/C12H13ClN2O2/c1-12(2,11(16)17-3)10-9-6-8(13)4-5-15(9)7-14-10/h4-7H,1-3H3. The number of rotatable bonds is 2. The lowest BCUT2D eigenvalue weighted by molar-refractivity contribution is -0.146. The van der Waals surface area contributed by atoms with Crippen LogP contribution in [0.4, 0.5) is 0 Å². The molecule has 0 saturated carbocycles. The highest BCUT2D eigenvalue weighted by atomic mass is 35.5. The van der Waals surface area contributed by atoms with Crippen LogP contribution in [0.5, 0.6) is 0 Å². The smallest absolute Gasteiger partial charge is 0.317 e. The van der Waals surface area contributed by atoms with Crippen molar-refractivity contribution in [3.8, 4) is 0 Å². The minimum Gasteiger partial charge on any atom is -0.468 e. The monoisotopic (exact) mass is 252 g/mol. The van der Waals surface area contributed by atoms with Crippen molar-refractivity contribution in [2.24, 2.45) is 0 Å². The Hall–Kier alpha value is -1.55. The highest BCUT2D eigenvalue weighted by molar-refractivity contribution is 6.30. The molecule has 0 unspecified atom stereocenters. The molecule has 2 aromatic rings. The van der Waals surface area contributed by atoms with Crippen LogP contribution in [0.2, 0.25) is 5.02 Å². The molecule has 0 radical (unpaired) electrons. The van der Waals surface area contributed by atoms with Crippen LogP contribution in [-0.4, -0.2) is 22.5 Å². The number of imidazole rings is 1. The second-order valence-electron chi connectivity index (χ2n) is 4.35. The molecule has 0 amide bonds. The second kappa shape index (κ2) is 4.04. The van der Waals surface area contributed by atoms with Crippen molar-refractivity contribution >= 4 is 23.1 Å². The van der Waals surface area contributed by atoms with Gasteiger partial charge in [-0.3, -0.25) is 4.79 Å². The van der Waals surface area contributed by atoms with E-state index in [1.165, 1.54) is 7.11 Å². The van der Waals surface area contributed by atoms with Gasteiger partial charge in [0.2, 0.25) is 0 Å². The van der Waals surface area contributed by atoms with Crippen molar-refractivity contribution in [1.29, 1.82) is 0 Å². The number of nitrogens with zero attached hydrogens (tertiary/aromatic N) is 2. The molecule has 0 spiro atoms. The van der Waals surface area contributed by atoms with E-state index in [0.29, 0.717) is 10.7 Å². The lowest BCUT2D eigenvalue weighted by Crippen LogP contribution is -2.30. The fourth-order valence-electron chi connectivity index (χ4n) is 1.80. The largest absolute Gasteiger partial charge is 0.468 e. The van der Waals surface area contributed by atoms with Gasteiger partial charge in [0, 0.05) is 11.2 Å². The van der Waals surface area contributed by atoms with Crippen LogP contribution in [0.3, 0.4) is 0 Å². The summed E-state index contributed by atoms with van der Waals surface area (Å²) in [5.74, 6) is -0.321. The zero-order chi connectivity index (χ0) is 12.6. The Bertz CT molecular complexity index is 575. The van der Waals surface area contributed by atoms with E-state index >= 15 is 0 Å². The summed E-state index contributed by atoms with van der Waals surface area (Å²) in [6.07, 6.45) is 3.47. The number of esters is 1. The molecule has 5 heteroatoms. The number of carbonyl (C=O) groups excluding carboxylic acids is 1. The number of aromatic nitrogens is 2. The van der Waals surface area contributed by atoms with E-state index in [1.54, 1.807) is 32.3 Å². The first-order chi connectivity index (χ1) is 7.96. The van der Waals surface area contributed by atoms with Gasteiger partial charge in [0.25, 0.3) is 0 Å². The van der Waals surface area contributed by atoms with Crippen molar-refractivity contribution in [3.05, 3.63) is 35.4 Å². The first kappa shape index (κ1) is 11.9. The van der Waals surface area contributed by atoms with Crippen LogP contribution in [0.1, 0.15) is 19.5 Å². The quantitative estimate of drug-likeness (QED) is 0.771. The summed E-state index contributed by atoms with van der Waals surface area (Å²) in [6.45, 7) is 3.56. The zero-order valence-corrected chi connectivity index (χ0v) is 10.7. The van der Waals surface area contributed by atoms with Crippen molar-refractivity contribution < 1.29 is 9.53 Å². The van der Waals surface area contributed by atoms with Gasteiger partial charge in [-0.15, -0.1) is 0 Å². The summed E-state index contributed by atoms with van der Waals surface area (Å²) >= 11 is 5.95. The van der Waals surface area contributed by atoms with Gasteiger partial charge in [0.1, 0.15) is 5.41 Å². The maximum Gasteiger partial charge on any atom is 0.317 e. The summed E-state index contributed by atoms with van der Waals surface area (Å²) in [6, 6.07) is 3.56. The SMILES string of the molecule is COC(=O)C(C)(C)c1ncn2ccc(Cl)cc12. The summed E-state index contributed by atoms with van der Waals surface area (Å²) in [5.41, 5.74) is 0.675. The maximum atomic E-state index is 11.8. The molecular formula is C12H13ClN2O2. The van der Waals surface area contributed by atoms with E-state index in [1.807, 2.05) is 10.6 Å². The molecule has 0 N–H and O–H groups in total. The molecule has 0 aliphatic carbocycles. The third-order valence-electron chi connectivity index (χ3n) is 2.79. The predicted octanol–water partition coefficient (Wildman–Crippen LogP) is 2.44. The predicted molar refractivity (Wildman–Crippen MR) is 65.2 cm³/mol. The van der Waals surface area contributed by atoms with Crippen LogP contribution in [0, 0.1) is 0 Å². The molecule has 0 saturated heterocycles. The van der Waals surface area contributed by atoms with Gasteiger partial charge in [-0.2, -0.15) is 0 Å². The summed E-state index contributed by atoms with van der Waals surface area (Å²) in [7, 11) is 1.37. The van der Waals surface area contributed by atoms with Crippen LogP contribution >= 0.6 is 11.6 Å². The van der Waals surface area contributed by atoms with Gasteiger partial charge in [-0.1, -0.05) is 11.6 Å². The molecule has 2 heterocycles. The molecule has 0 bridgehead atoms. The number of ether oxygens (including phenoxy) is 1. The Labute approximate surface area is 104 Å². The summed E-state index contributed by atoms with van der Waals surface area (Å²) < 4.78 is 6.62. The Kier molecular flexibility index (Phi) is 2.83. The van der Waals surface area contributed by atoms with Crippen LogP contribution in [0.25, 0.3) is 5.52 Å². The van der Waals surface area contributed by atoms with E-state index in [2.05, 4.69) is 4.98 Å². The molecule has 0 fully saturated rings. The zero-order valence-electron chi connectivity index (χ0n) is 9.90. The fraction of sp³-hybridized carbons (Fsp3) is 0.333. The fourth-order valence-corrected chi connectivity index (χ4v) is 1.96. The summed E-state index contributed by atoms with van der Waals surface area (Å²) in [4.78, 5) is 16.0. The van der Waals surface area contributed by atoms with Gasteiger partial charge < -0.3 is 9.14 Å². The van der Waals surface area contributed by atoms with Crippen molar-refractivity contribution in [2.45, 2.75) is 19.3 Å². The molecule has 2 aromatic heterocycles. The van der Waals surface area contributed by atoms with Crippen molar-refractivity contribution in [1.82, 2.24) is 9.38 Å². The van der Waals surface area contributed by atoms with Crippen LogP contribution in [0.15, 0.2) is 24.7 Å². The number of pyridine rings is 1. The average molecular weight is 253 g/mol. The number of fused-ring (bicyclic) bond motifs is 1. The molecule has 4 nitrogen and oxygen atoms in total. The van der Waals surface area contributed by atoms with Crippen molar-refractivity contribution in [3.63, 3.8) is 0 Å². The lowest BCUT2D eigenvalue weighted by Gasteiger charge is -2.19. The number of halogens is 1. The van der Waals surface area contributed by atoms with E-state index in [9.17, 15) is 4.79 Å². The molecule has 90 valence electrons. The number of methoxy groups -OCH3 is 1. The maximum absolute atomic E-state index is 11.8. The first-order valence-corrected chi connectivity index (χ1v) is 5.55. The Morgan fingerprint density at radius 2 is 2.24 bits per heavy atom. The Morgan fingerprint density at radius 1 is 1.53 bits per heavy atom. The molecule has 0 aliphatic rings. The highest BCUT2D eigenvalue weighted by Crippen LogP contribution is 2.28. The van der Waals surface area contributed by atoms with Crippen LogP contribution in [-0.2, 0) is 14.9 Å². The minimum atomic E-state index is -0.797. The van der Waals surface area contributed by atoms with E-state index in [-0.39, 0.29) is 5.97 Å². The lowest BCUT2D eigenvalue weighted by atomic mass is 9.89. The van der Waals surface area contributed by atoms with Gasteiger partial charge in [0.15, 0.2) is 0 Å². The molecule has 17 heavy (non-hydrogen) atoms. The van der Waals surface area contributed by atoms with Crippen LogP contribution < -0.4 is 0 Å². The number of carbonyl (C=O) groups is 1. The molecular weight excluding hydrogens is 240 g/mol.